The Morgan fingerprint density at radius 2 is 1.30 bits per heavy atom. The number of hydrogen-bond donors (Lipinski definition) is 7. The number of unbranched alkanes of at least 4 members (excludes halogenated alkanes) is 18. The molecule has 2 heterocycles. The molecular weight excluding hydrogens is 678 g/mol. The Hall–Kier alpha value is -0.890. The van der Waals surface area contributed by atoms with Gasteiger partial charge in [-0.2, -0.15) is 0 Å². The second-order valence-electron chi connectivity index (χ2n) is 17.0. The maximum absolute atomic E-state index is 13.0. The van der Waals surface area contributed by atoms with Crippen LogP contribution in [0.15, 0.2) is 0 Å². The van der Waals surface area contributed by atoms with Gasteiger partial charge in [-0.05, 0) is 43.4 Å². The quantitative estimate of drug-likeness (QED) is 0.0357. The highest BCUT2D eigenvalue weighted by Crippen LogP contribution is 2.59. The summed E-state index contributed by atoms with van der Waals surface area (Å²) in [5, 5.41) is 65.1. The van der Waals surface area contributed by atoms with E-state index < -0.39 is 55.6 Å². The van der Waals surface area contributed by atoms with Gasteiger partial charge in [0.15, 0.2) is 6.29 Å². The molecule has 310 valence electrons. The Morgan fingerprint density at radius 3 is 1.89 bits per heavy atom. The van der Waals surface area contributed by atoms with Gasteiger partial charge in [-0.15, -0.1) is 0 Å². The number of carbonyl (C=O) groups excluding carboxylic acids is 1. The van der Waals surface area contributed by atoms with E-state index in [4.69, 9.17) is 14.2 Å². The standard InChI is InChI=1S/C42H77NO10/c1-2-3-4-5-6-7-8-9-10-14-17-20-23-33(45)36(47)32(28-51-42-39(50)38(49)37(48)34(27-44)52-42)43-35(46)24-21-18-15-12-11-13-16-19-22-29-25-30-26-31(29)41-40(30)53-41/h29-34,36-42,44-45,47-50H,2-28H2,1H3,(H,43,46)/t29-,30+,31+,32-,33+,34?,36-,37?,38?,39?,40-,41+,42?/m0/s1. The zero-order chi connectivity index (χ0) is 38.0. The van der Waals surface area contributed by atoms with E-state index in [0.717, 1.165) is 69.1 Å². The fourth-order valence-electron chi connectivity index (χ4n) is 9.36. The van der Waals surface area contributed by atoms with Gasteiger partial charge in [-0.1, -0.05) is 135 Å². The van der Waals surface area contributed by atoms with E-state index in [-0.39, 0.29) is 18.9 Å². The van der Waals surface area contributed by atoms with Crippen molar-refractivity contribution < 1.29 is 49.6 Å². The van der Waals surface area contributed by atoms with Gasteiger partial charge in [0, 0.05) is 6.42 Å². The van der Waals surface area contributed by atoms with Crippen LogP contribution in [0.4, 0.5) is 0 Å². The fraction of sp³-hybridized carbons (Fsp3) is 0.976. The van der Waals surface area contributed by atoms with Crippen molar-refractivity contribution in [2.75, 3.05) is 13.2 Å². The number of amides is 1. The van der Waals surface area contributed by atoms with Crippen LogP contribution in [-0.4, -0.2) is 111 Å². The first kappa shape index (κ1) is 44.8. The van der Waals surface area contributed by atoms with Gasteiger partial charge < -0.3 is 50.2 Å². The minimum Gasteiger partial charge on any atom is -0.394 e. The monoisotopic (exact) mass is 756 g/mol. The number of epoxide rings is 1. The van der Waals surface area contributed by atoms with Gasteiger partial charge in [-0.3, -0.25) is 4.79 Å². The van der Waals surface area contributed by atoms with E-state index in [2.05, 4.69) is 12.2 Å². The number of rotatable bonds is 31. The highest BCUT2D eigenvalue weighted by Gasteiger charge is 2.62. The summed E-state index contributed by atoms with van der Waals surface area (Å²) in [4.78, 5) is 13.0. The van der Waals surface area contributed by atoms with E-state index >= 15 is 0 Å². The van der Waals surface area contributed by atoms with Crippen molar-refractivity contribution in [2.45, 2.75) is 229 Å². The average molecular weight is 756 g/mol. The summed E-state index contributed by atoms with van der Waals surface area (Å²) in [5.41, 5.74) is 0. The first-order chi connectivity index (χ1) is 25.7. The van der Waals surface area contributed by atoms with Crippen LogP contribution in [0.25, 0.3) is 0 Å². The van der Waals surface area contributed by atoms with E-state index in [9.17, 15) is 35.4 Å². The lowest BCUT2D eigenvalue weighted by atomic mass is 9.85. The summed E-state index contributed by atoms with van der Waals surface area (Å²) in [7, 11) is 0. The van der Waals surface area contributed by atoms with Crippen molar-refractivity contribution in [3.8, 4) is 0 Å². The smallest absolute Gasteiger partial charge is 0.220 e. The molecule has 2 saturated heterocycles. The van der Waals surface area contributed by atoms with Crippen LogP contribution < -0.4 is 5.32 Å². The summed E-state index contributed by atoms with van der Waals surface area (Å²) in [6.07, 6.45) is 19.7. The Bertz CT molecular complexity index is 988. The molecule has 4 aliphatic rings. The number of hydrogen-bond acceptors (Lipinski definition) is 10. The molecular formula is C42H77NO10. The molecule has 4 fully saturated rings. The molecule has 53 heavy (non-hydrogen) atoms. The summed E-state index contributed by atoms with van der Waals surface area (Å²) in [6.45, 7) is 1.34. The Kier molecular flexibility index (Phi) is 20.9. The Balaban J connectivity index is 1.09. The maximum Gasteiger partial charge on any atom is 0.220 e. The molecule has 2 saturated carbocycles. The molecule has 0 aromatic rings. The number of carbonyl (C=O) groups is 1. The van der Waals surface area contributed by atoms with Crippen molar-refractivity contribution in [3.05, 3.63) is 0 Å². The highest BCUT2D eigenvalue weighted by molar-refractivity contribution is 5.76. The lowest BCUT2D eigenvalue weighted by molar-refractivity contribution is -0.303. The van der Waals surface area contributed by atoms with Crippen LogP contribution in [0.1, 0.15) is 167 Å². The molecule has 0 aromatic carbocycles. The molecule has 2 bridgehead atoms. The molecule has 11 heteroatoms. The van der Waals surface area contributed by atoms with E-state index in [1.54, 1.807) is 0 Å². The van der Waals surface area contributed by atoms with Crippen molar-refractivity contribution in [1.29, 1.82) is 0 Å². The number of fused-ring (bicyclic) bond motifs is 5. The summed E-state index contributed by atoms with van der Waals surface area (Å²) >= 11 is 0. The van der Waals surface area contributed by atoms with Gasteiger partial charge >= 0.3 is 0 Å². The second kappa shape index (κ2) is 24.7. The third kappa shape index (κ3) is 14.8. The minimum absolute atomic E-state index is 0.257. The minimum atomic E-state index is -1.60. The highest BCUT2D eigenvalue weighted by atomic mass is 16.7. The van der Waals surface area contributed by atoms with Crippen molar-refractivity contribution in [3.63, 3.8) is 0 Å². The van der Waals surface area contributed by atoms with E-state index in [1.807, 2.05) is 0 Å². The average Bonchev–Trinajstić information content (AvgIpc) is 3.76. The molecule has 0 spiro atoms. The Morgan fingerprint density at radius 1 is 0.717 bits per heavy atom. The third-order valence-corrected chi connectivity index (χ3v) is 12.8. The molecule has 2 aliphatic carbocycles. The first-order valence-corrected chi connectivity index (χ1v) is 22.0. The SMILES string of the molecule is CCCCCCCCCCCCCC[C@@H](O)[C@@H](O)[C@H](COC1OC(CO)C(O)C(O)C1O)NC(=O)CCCCCCCCCC[C@H]1C[C@@H]2C[C@H]1[C@H]1O[C@@H]21. The number of aliphatic hydroxyl groups is 6. The summed E-state index contributed by atoms with van der Waals surface area (Å²) in [6, 6.07) is -0.986. The lowest BCUT2D eigenvalue weighted by Crippen LogP contribution is -2.60. The van der Waals surface area contributed by atoms with Crippen molar-refractivity contribution in [1.82, 2.24) is 5.32 Å². The maximum atomic E-state index is 13.0. The zero-order valence-corrected chi connectivity index (χ0v) is 32.9. The third-order valence-electron chi connectivity index (χ3n) is 12.8. The van der Waals surface area contributed by atoms with Crippen molar-refractivity contribution >= 4 is 5.91 Å². The van der Waals surface area contributed by atoms with Crippen LogP contribution in [-0.2, 0) is 19.0 Å². The topological polar surface area (TPSA) is 181 Å². The van der Waals surface area contributed by atoms with Crippen LogP contribution in [0.3, 0.4) is 0 Å². The predicted octanol–water partition coefficient (Wildman–Crippen LogP) is 5.43. The van der Waals surface area contributed by atoms with E-state index in [0.29, 0.717) is 18.6 Å². The lowest BCUT2D eigenvalue weighted by Gasteiger charge is -2.40. The number of ether oxygens (including phenoxy) is 3. The number of aliphatic hydroxyl groups excluding tert-OH is 6. The molecule has 11 nitrogen and oxygen atoms in total. The van der Waals surface area contributed by atoms with Crippen LogP contribution >= 0.6 is 0 Å². The largest absolute Gasteiger partial charge is 0.394 e. The molecule has 2 aliphatic heterocycles. The van der Waals surface area contributed by atoms with Crippen LogP contribution in [0.5, 0.6) is 0 Å². The van der Waals surface area contributed by atoms with Gasteiger partial charge in [0.2, 0.25) is 5.91 Å². The molecule has 7 N–H and O–H groups in total. The fourth-order valence-corrected chi connectivity index (χ4v) is 9.36. The molecule has 1 amide bonds. The normalized spacial score (nSPS) is 32.1. The van der Waals surface area contributed by atoms with Crippen LogP contribution in [0.2, 0.25) is 0 Å². The predicted molar refractivity (Wildman–Crippen MR) is 204 cm³/mol. The first-order valence-electron chi connectivity index (χ1n) is 22.0. The van der Waals surface area contributed by atoms with Crippen molar-refractivity contribution in [2.24, 2.45) is 17.8 Å². The number of nitrogens with one attached hydrogen (secondary N) is 1. The second-order valence-corrected chi connectivity index (χ2v) is 17.0. The van der Waals surface area contributed by atoms with Crippen LogP contribution in [0, 0.1) is 17.8 Å². The summed E-state index contributed by atoms with van der Waals surface area (Å²) < 4.78 is 17.0. The van der Waals surface area contributed by atoms with Gasteiger partial charge in [0.25, 0.3) is 0 Å². The van der Waals surface area contributed by atoms with Gasteiger partial charge in [0.1, 0.15) is 30.5 Å². The molecule has 0 aromatic heterocycles. The molecule has 13 atom stereocenters. The van der Waals surface area contributed by atoms with E-state index in [1.165, 1.54) is 96.3 Å². The molecule has 5 unspecified atom stereocenters. The molecule has 4 rings (SSSR count). The molecule has 0 radical (unpaired) electrons. The summed E-state index contributed by atoms with van der Waals surface area (Å²) in [5.74, 6) is 2.35. The van der Waals surface area contributed by atoms with Gasteiger partial charge in [0.05, 0.1) is 37.6 Å². The Labute approximate surface area is 319 Å². The zero-order valence-electron chi connectivity index (χ0n) is 32.9. The van der Waals surface area contributed by atoms with Gasteiger partial charge in [-0.25, -0.2) is 0 Å².